The summed E-state index contributed by atoms with van der Waals surface area (Å²) in [6.45, 7) is 1.78. The summed E-state index contributed by atoms with van der Waals surface area (Å²) < 4.78 is 5.87. The molecule has 0 aromatic carbocycles. The van der Waals surface area contributed by atoms with Crippen molar-refractivity contribution in [1.29, 1.82) is 0 Å². The van der Waals surface area contributed by atoms with Gasteiger partial charge in [0.2, 0.25) is 5.88 Å². The molecule has 2 aliphatic carbocycles. The van der Waals surface area contributed by atoms with Crippen molar-refractivity contribution in [2.24, 2.45) is 5.92 Å². The zero-order valence-electron chi connectivity index (χ0n) is 11.6. The Kier molecular flexibility index (Phi) is 4.34. The molecule has 0 aliphatic heterocycles. The third kappa shape index (κ3) is 4.20. The molecule has 1 N–H and O–H groups in total. The summed E-state index contributed by atoms with van der Waals surface area (Å²) in [6.07, 6.45) is 11.3. The first-order valence-corrected chi connectivity index (χ1v) is 7.71. The highest BCUT2D eigenvalue weighted by atomic mass is 16.5. The van der Waals surface area contributed by atoms with Crippen LogP contribution < -0.4 is 10.1 Å². The second-order valence-electron chi connectivity index (χ2n) is 5.97. The van der Waals surface area contributed by atoms with Crippen LogP contribution in [0.4, 0.5) is 0 Å². The van der Waals surface area contributed by atoms with Crippen molar-refractivity contribution in [3.8, 4) is 5.88 Å². The largest absolute Gasteiger partial charge is 0.477 e. The molecule has 1 aromatic heterocycles. The van der Waals surface area contributed by atoms with E-state index in [0.29, 0.717) is 0 Å². The smallest absolute Gasteiger partial charge is 0.213 e. The van der Waals surface area contributed by atoms with E-state index in [1.54, 1.807) is 0 Å². The molecule has 19 heavy (non-hydrogen) atoms. The highest BCUT2D eigenvalue weighted by molar-refractivity contribution is 5.20. The molecule has 0 bridgehead atoms. The van der Waals surface area contributed by atoms with Gasteiger partial charge in [0.15, 0.2) is 0 Å². The van der Waals surface area contributed by atoms with Crippen molar-refractivity contribution < 1.29 is 4.74 Å². The Morgan fingerprint density at radius 2 is 2.00 bits per heavy atom. The molecule has 1 heterocycles. The van der Waals surface area contributed by atoms with E-state index in [1.807, 2.05) is 6.20 Å². The lowest BCUT2D eigenvalue weighted by molar-refractivity contribution is 0.202. The lowest BCUT2D eigenvalue weighted by atomic mass is 9.90. The van der Waals surface area contributed by atoms with E-state index >= 15 is 0 Å². The van der Waals surface area contributed by atoms with Crippen LogP contribution in [0.25, 0.3) is 0 Å². The number of hydrogen-bond acceptors (Lipinski definition) is 3. The van der Waals surface area contributed by atoms with Crippen LogP contribution in [-0.2, 0) is 6.54 Å². The Balaban J connectivity index is 1.47. The van der Waals surface area contributed by atoms with Gasteiger partial charge in [-0.05, 0) is 43.2 Å². The molecule has 2 saturated carbocycles. The molecular weight excluding hydrogens is 236 g/mol. The molecule has 3 rings (SSSR count). The minimum atomic E-state index is 0.740. The number of rotatable bonds is 6. The van der Waals surface area contributed by atoms with Gasteiger partial charge < -0.3 is 10.1 Å². The van der Waals surface area contributed by atoms with Crippen molar-refractivity contribution in [1.82, 2.24) is 10.3 Å². The average Bonchev–Trinajstić information content (AvgIpc) is 3.29. The Morgan fingerprint density at radius 3 is 2.79 bits per heavy atom. The van der Waals surface area contributed by atoms with Gasteiger partial charge in [-0.25, -0.2) is 4.98 Å². The summed E-state index contributed by atoms with van der Waals surface area (Å²) in [5.74, 6) is 1.53. The second-order valence-corrected chi connectivity index (χ2v) is 5.97. The Bertz CT molecular complexity index is 397. The van der Waals surface area contributed by atoms with Crippen LogP contribution in [0.5, 0.6) is 5.88 Å². The maximum atomic E-state index is 5.87. The molecule has 104 valence electrons. The number of pyridine rings is 1. The SMILES string of the molecule is c1cc(CNC2CC2)cc(OCC2CCCCC2)n1. The van der Waals surface area contributed by atoms with Gasteiger partial charge >= 0.3 is 0 Å². The highest BCUT2D eigenvalue weighted by Gasteiger charge is 2.20. The van der Waals surface area contributed by atoms with Crippen LogP contribution in [-0.4, -0.2) is 17.6 Å². The monoisotopic (exact) mass is 260 g/mol. The van der Waals surface area contributed by atoms with Crippen LogP contribution in [0.3, 0.4) is 0 Å². The fraction of sp³-hybridized carbons (Fsp3) is 0.688. The Morgan fingerprint density at radius 1 is 1.16 bits per heavy atom. The summed E-state index contributed by atoms with van der Waals surface area (Å²) in [7, 11) is 0. The molecule has 0 radical (unpaired) electrons. The predicted molar refractivity (Wildman–Crippen MR) is 76.2 cm³/mol. The minimum Gasteiger partial charge on any atom is -0.477 e. The van der Waals surface area contributed by atoms with E-state index in [0.717, 1.165) is 31.0 Å². The molecule has 0 unspecified atom stereocenters. The van der Waals surface area contributed by atoms with Gasteiger partial charge in [0.25, 0.3) is 0 Å². The van der Waals surface area contributed by atoms with Gasteiger partial charge in [-0.2, -0.15) is 0 Å². The second kappa shape index (κ2) is 6.38. The lowest BCUT2D eigenvalue weighted by Crippen LogP contribution is -2.17. The lowest BCUT2D eigenvalue weighted by Gasteiger charge is -2.21. The van der Waals surface area contributed by atoms with Gasteiger partial charge in [0.1, 0.15) is 0 Å². The first-order valence-electron chi connectivity index (χ1n) is 7.71. The number of ether oxygens (including phenoxy) is 1. The molecular formula is C16H24N2O. The molecule has 1 aromatic rings. The van der Waals surface area contributed by atoms with Crippen molar-refractivity contribution in [3.63, 3.8) is 0 Å². The van der Waals surface area contributed by atoms with Gasteiger partial charge in [0, 0.05) is 24.8 Å². The van der Waals surface area contributed by atoms with E-state index < -0.39 is 0 Å². The zero-order valence-corrected chi connectivity index (χ0v) is 11.6. The molecule has 2 aliphatic rings. The van der Waals surface area contributed by atoms with Crippen molar-refractivity contribution in [3.05, 3.63) is 23.9 Å². The topological polar surface area (TPSA) is 34.1 Å². The van der Waals surface area contributed by atoms with E-state index in [1.165, 1.54) is 50.5 Å². The number of hydrogen-bond donors (Lipinski definition) is 1. The predicted octanol–water partition coefficient (Wildman–Crippen LogP) is 3.29. The van der Waals surface area contributed by atoms with Crippen LogP contribution in [0.1, 0.15) is 50.5 Å². The Labute approximate surface area is 115 Å². The molecule has 3 heteroatoms. The first-order chi connectivity index (χ1) is 9.40. The summed E-state index contributed by atoms with van der Waals surface area (Å²) in [6, 6.07) is 4.90. The standard InChI is InChI=1S/C16H24N2O/c1-2-4-13(5-3-1)12-19-16-10-14(8-9-17-16)11-18-15-6-7-15/h8-10,13,15,18H,1-7,11-12H2. The zero-order chi connectivity index (χ0) is 12.9. The normalized spacial score (nSPS) is 20.4. The fourth-order valence-corrected chi connectivity index (χ4v) is 2.75. The molecule has 0 saturated heterocycles. The molecule has 3 nitrogen and oxygen atoms in total. The summed E-state index contributed by atoms with van der Waals surface area (Å²) in [5, 5.41) is 3.52. The summed E-state index contributed by atoms with van der Waals surface area (Å²) in [5.41, 5.74) is 1.28. The van der Waals surface area contributed by atoms with Crippen molar-refractivity contribution in [2.75, 3.05) is 6.61 Å². The molecule has 2 fully saturated rings. The van der Waals surface area contributed by atoms with E-state index in [9.17, 15) is 0 Å². The molecule has 0 spiro atoms. The van der Waals surface area contributed by atoms with Crippen LogP contribution >= 0.6 is 0 Å². The maximum Gasteiger partial charge on any atom is 0.213 e. The summed E-state index contributed by atoms with van der Waals surface area (Å²) in [4.78, 5) is 4.32. The van der Waals surface area contributed by atoms with Gasteiger partial charge in [-0.15, -0.1) is 0 Å². The fourth-order valence-electron chi connectivity index (χ4n) is 2.75. The highest BCUT2D eigenvalue weighted by Crippen LogP contribution is 2.24. The van der Waals surface area contributed by atoms with Gasteiger partial charge in [0.05, 0.1) is 6.61 Å². The number of nitrogens with zero attached hydrogens (tertiary/aromatic N) is 1. The van der Waals surface area contributed by atoms with E-state index in [2.05, 4.69) is 22.4 Å². The minimum absolute atomic E-state index is 0.740. The quantitative estimate of drug-likeness (QED) is 0.852. The molecule has 0 atom stereocenters. The van der Waals surface area contributed by atoms with Gasteiger partial charge in [-0.1, -0.05) is 19.3 Å². The number of nitrogens with one attached hydrogen (secondary N) is 1. The van der Waals surface area contributed by atoms with E-state index in [-0.39, 0.29) is 0 Å². The number of aromatic nitrogens is 1. The Hall–Kier alpha value is -1.09. The maximum absolute atomic E-state index is 5.87. The third-order valence-electron chi connectivity index (χ3n) is 4.16. The third-order valence-corrected chi connectivity index (χ3v) is 4.16. The average molecular weight is 260 g/mol. The summed E-state index contributed by atoms with van der Waals surface area (Å²) >= 11 is 0. The van der Waals surface area contributed by atoms with Gasteiger partial charge in [-0.3, -0.25) is 0 Å². The van der Waals surface area contributed by atoms with E-state index in [4.69, 9.17) is 4.74 Å². The van der Waals surface area contributed by atoms with Crippen molar-refractivity contribution in [2.45, 2.75) is 57.5 Å². The van der Waals surface area contributed by atoms with Crippen LogP contribution in [0.2, 0.25) is 0 Å². The van der Waals surface area contributed by atoms with Crippen LogP contribution in [0.15, 0.2) is 18.3 Å². The van der Waals surface area contributed by atoms with Crippen molar-refractivity contribution >= 4 is 0 Å². The first kappa shape index (κ1) is 12.9. The van der Waals surface area contributed by atoms with Crippen LogP contribution in [0, 0.1) is 5.92 Å². The molecule has 0 amide bonds.